The van der Waals surface area contributed by atoms with E-state index >= 15 is 0 Å². The molecule has 5 nitrogen and oxygen atoms in total. The highest BCUT2D eigenvalue weighted by Gasteiger charge is 2.16. The van der Waals surface area contributed by atoms with Crippen LogP contribution >= 0.6 is 0 Å². The lowest BCUT2D eigenvalue weighted by Crippen LogP contribution is -2.32. The van der Waals surface area contributed by atoms with Crippen molar-refractivity contribution >= 4 is 15.9 Å². The molecule has 3 aromatic rings. The molecular weight excluding hydrogens is 396 g/mol. The first-order valence-electron chi connectivity index (χ1n) is 10.3. The molecule has 3 rings (SSSR count). The number of aromatic nitrogens is 1. The zero-order valence-electron chi connectivity index (χ0n) is 17.3. The Bertz CT molecular complexity index is 1060. The molecule has 2 aromatic carbocycles. The quantitative estimate of drug-likeness (QED) is 0.473. The average Bonchev–Trinajstić information content (AvgIpc) is 3.21. The van der Waals surface area contributed by atoms with Crippen molar-refractivity contribution in [3.63, 3.8) is 0 Å². The fraction of sp³-hybridized carbons (Fsp3) is 0.292. The largest absolute Gasteiger partial charge is 0.349 e. The topological polar surface area (TPSA) is 68.2 Å². The van der Waals surface area contributed by atoms with E-state index in [2.05, 4.69) is 48.0 Å². The van der Waals surface area contributed by atoms with E-state index in [0.717, 1.165) is 30.4 Å². The van der Waals surface area contributed by atoms with Crippen molar-refractivity contribution in [1.29, 1.82) is 0 Å². The summed E-state index contributed by atoms with van der Waals surface area (Å²) in [5.74, 6) is -0.601. The van der Waals surface area contributed by atoms with Crippen LogP contribution in [0, 0.1) is 0 Å². The number of rotatable bonds is 10. The predicted molar refractivity (Wildman–Crippen MR) is 121 cm³/mol. The van der Waals surface area contributed by atoms with Gasteiger partial charge in [0.1, 0.15) is 0 Å². The van der Waals surface area contributed by atoms with Gasteiger partial charge in [-0.15, -0.1) is 0 Å². The number of amides is 1. The smallest absolute Gasteiger partial charge is 0.266 e. The molecule has 1 heterocycles. The first-order chi connectivity index (χ1) is 14.5. The molecule has 0 aliphatic carbocycles. The molecule has 1 amide bonds. The molecule has 30 heavy (non-hydrogen) atoms. The van der Waals surface area contributed by atoms with E-state index in [9.17, 15) is 13.2 Å². The second-order valence-electron chi connectivity index (χ2n) is 7.45. The van der Waals surface area contributed by atoms with Gasteiger partial charge in [0.05, 0.1) is 11.3 Å². The van der Waals surface area contributed by atoms with Gasteiger partial charge in [-0.2, -0.15) is 0 Å². The molecule has 0 fully saturated rings. The van der Waals surface area contributed by atoms with Crippen molar-refractivity contribution in [1.82, 2.24) is 9.29 Å². The lowest BCUT2D eigenvalue weighted by atomic mass is 10.0. The number of carbonyl (C=O) groups is 1. The van der Waals surface area contributed by atoms with Crippen LogP contribution in [0.25, 0.3) is 11.1 Å². The highest BCUT2D eigenvalue weighted by Crippen LogP contribution is 2.19. The van der Waals surface area contributed by atoms with Crippen molar-refractivity contribution in [2.45, 2.75) is 39.2 Å². The van der Waals surface area contributed by atoms with E-state index in [1.807, 2.05) is 22.8 Å². The molecule has 158 valence electrons. The van der Waals surface area contributed by atoms with Crippen molar-refractivity contribution in [3.05, 3.63) is 84.2 Å². The third kappa shape index (κ3) is 6.32. The Kier molecular flexibility index (Phi) is 7.46. The summed E-state index contributed by atoms with van der Waals surface area (Å²) in [6.45, 7) is 2.67. The highest BCUT2D eigenvalue weighted by atomic mass is 32.2. The van der Waals surface area contributed by atoms with Crippen molar-refractivity contribution in [2.24, 2.45) is 0 Å². The van der Waals surface area contributed by atoms with Gasteiger partial charge in [0.25, 0.3) is 5.91 Å². The van der Waals surface area contributed by atoms with Crippen molar-refractivity contribution in [3.8, 4) is 11.1 Å². The molecule has 0 aliphatic heterocycles. The summed E-state index contributed by atoms with van der Waals surface area (Å²) in [5, 5.41) is 0. The lowest BCUT2D eigenvalue weighted by molar-refractivity contribution is 0.0981. The fourth-order valence-corrected chi connectivity index (χ4v) is 4.37. The van der Waals surface area contributed by atoms with Gasteiger partial charge in [0, 0.05) is 18.9 Å². The molecule has 0 aliphatic rings. The van der Waals surface area contributed by atoms with Crippen molar-refractivity contribution < 1.29 is 13.2 Å². The van der Waals surface area contributed by atoms with E-state index in [0.29, 0.717) is 18.5 Å². The van der Waals surface area contributed by atoms with Crippen LogP contribution in [0.5, 0.6) is 0 Å². The standard InChI is InChI=1S/C24H28N2O3S/c1-2-3-4-8-17-30(28,29)25-24(27)23-15-16-26(19-23)18-20-11-13-22(14-12-20)21-9-6-5-7-10-21/h5-7,9-16,19H,2-4,8,17-18H2,1H3,(H,25,27). The van der Waals surface area contributed by atoms with Gasteiger partial charge in [0.15, 0.2) is 0 Å². The normalized spacial score (nSPS) is 11.4. The SMILES string of the molecule is CCCCCCS(=O)(=O)NC(=O)c1ccn(Cc2ccc(-c3ccccc3)cc2)c1. The number of benzene rings is 2. The number of nitrogens with one attached hydrogen (secondary N) is 1. The number of hydrogen-bond acceptors (Lipinski definition) is 3. The summed E-state index contributed by atoms with van der Waals surface area (Å²) in [4.78, 5) is 12.3. The molecule has 0 unspecified atom stereocenters. The zero-order valence-corrected chi connectivity index (χ0v) is 18.1. The Morgan fingerprint density at radius 2 is 1.60 bits per heavy atom. The minimum atomic E-state index is -3.60. The Hall–Kier alpha value is -2.86. The lowest BCUT2D eigenvalue weighted by Gasteiger charge is -2.07. The predicted octanol–water partition coefficient (Wildman–Crippen LogP) is 4.84. The van der Waals surface area contributed by atoms with E-state index < -0.39 is 15.9 Å². The summed E-state index contributed by atoms with van der Waals surface area (Å²) in [6.07, 6.45) is 6.91. The average molecular weight is 425 g/mol. The van der Waals surface area contributed by atoms with Gasteiger partial charge < -0.3 is 4.57 Å². The van der Waals surface area contributed by atoms with E-state index in [-0.39, 0.29) is 5.75 Å². The van der Waals surface area contributed by atoms with Crippen LogP contribution in [0.2, 0.25) is 0 Å². The van der Waals surface area contributed by atoms with Gasteiger partial charge in [-0.1, -0.05) is 80.8 Å². The number of sulfonamides is 1. The summed E-state index contributed by atoms with van der Waals surface area (Å²) in [7, 11) is -3.60. The first-order valence-corrected chi connectivity index (χ1v) is 12.0. The Morgan fingerprint density at radius 3 is 2.30 bits per heavy atom. The van der Waals surface area contributed by atoms with Gasteiger partial charge >= 0.3 is 0 Å². The molecule has 0 spiro atoms. The van der Waals surface area contributed by atoms with E-state index in [4.69, 9.17) is 0 Å². The maximum absolute atomic E-state index is 12.3. The number of carbonyl (C=O) groups excluding carboxylic acids is 1. The minimum absolute atomic E-state index is 0.0206. The molecule has 0 radical (unpaired) electrons. The van der Waals surface area contributed by atoms with Crippen LogP contribution < -0.4 is 4.72 Å². The molecule has 0 saturated heterocycles. The molecule has 1 N–H and O–H groups in total. The van der Waals surface area contributed by atoms with Crippen LogP contribution in [0.1, 0.15) is 48.5 Å². The first kappa shape index (κ1) is 21.8. The monoisotopic (exact) mass is 424 g/mol. The van der Waals surface area contributed by atoms with Gasteiger partial charge in [-0.05, 0) is 29.2 Å². The Labute approximate surface area is 178 Å². The van der Waals surface area contributed by atoms with Crippen LogP contribution in [0.4, 0.5) is 0 Å². The molecule has 0 bridgehead atoms. The van der Waals surface area contributed by atoms with E-state index in [1.165, 1.54) is 5.56 Å². The maximum atomic E-state index is 12.3. The summed E-state index contributed by atoms with van der Waals surface area (Å²) in [6, 6.07) is 20.1. The molecular formula is C24H28N2O3S. The highest BCUT2D eigenvalue weighted by molar-refractivity contribution is 7.90. The van der Waals surface area contributed by atoms with Gasteiger partial charge in [0.2, 0.25) is 10.0 Å². The van der Waals surface area contributed by atoms with Crippen LogP contribution in [-0.2, 0) is 16.6 Å². The van der Waals surface area contributed by atoms with Crippen LogP contribution in [-0.4, -0.2) is 24.6 Å². The maximum Gasteiger partial charge on any atom is 0.266 e. The second-order valence-corrected chi connectivity index (χ2v) is 9.29. The number of hydrogen-bond donors (Lipinski definition) is 1. The van der Waals surface area contributed by atoms with Gasteiger partial charge in [-0.25, -0.2) is 13.1 Å². The zero-order chi connectivity index (χ0) is 21.4. The Balaban J connectivity index is 1.57. The third-order valence-electron chi connectivity index (χ3n) is 4.95. The minimum Gasteiger partial charge on any atom is -0.349 e. The number of unbranched alkanes of at least 4 members (excludes halogenated alkanes) is 3. The molecule has 6 heteroatoms. The molecule has 1 aromatic heterocycles. The fourth-order valence-electron chi connectivity index (χ4n) is 3.29. The summed E-state index contributed by atoms with van der Waals surface area (Å²) in [5.41, 5.74) is 3.75. The Morgan fingerprint density at radius 1 is 0.900 bits per heavy atom. The third-order valence-corrected chi connectivity index (χ3v) is 6.28. The second kappa shape index (κ2) is 10.3. The number of nitrogens with zero attached hydrogens (tertiary/aromatic N) is 1. The van der Waals surface area contributed by atoms with Crippen molar-refractivity contribution in [2.75, 3.05) is 5.75 Å². The molecule has 0 atom stereocenters. The van der Waals surface area contributed by atoms with E-state index in [1.54, 1.807) is 18.5 Å². The van der Waals surface area contributed by atoms with Crippen LogP contribution in [0.15, 0.2) is 73.1 Å². The summed E-state index contributed by atoms with van der Waals surface area (Å²) >= 11 is 0. The van der Waals surface area contributed by atoms with Crippen LogP contribution in [0.3, 0.4) is 0 Å². The van der Waals surface area contributed by atoms with Gasteiger partial charge in [-0.3, -0.25) is 4.79 Å². The molecule has 0 saturated carbocycles. The summed E-state index contributed by atoms with van der Waals surface area (Å²) < 4.78 is 28.2.